The Morgan fingerprint density at radius 1 is 1.20 bits per heavy atom. The summed E-state index contributed by atoms with van der Waals surface area (Å²) in [6, 6.07) is 0.432. The van der Waals surface area contributed by atoms with Gasteiger partial charge < -0.3 is 10.0 Å². The van der Waals surface area contributed by atoms with E-state index in [9.17, 15) is 4.79 Å². The molecule has 1 heterocycles. The van der Waals surface area contributed by atoms with Gasteiger partial charge in [-0.3, -0.25) is 9.69 Å². The molecule has 0 aliphatic carbocycles. The van der Waals surface area contributed by atoms with Crippen LogP contribution in [0, 0.1) is 5.41 Å². The number of likely N-dealkylation sites (N-methyl/N-ethyl adjacent to an activating group) is 1. The van der Waals surface area contributed by atoms with Crippen molar-refractivity contribution in [3.8, 4) is 0 Å². The van der Waals surface area contributed by atoms with Crippen LogP contribution in [0.25, 0.3) is 0 Å². The quantitative estimate of drug-likeness (QED) is 0.744. The van der Waals surface area contributed by atoms with Gasteiger partial charge in [0, 0.05) is 12.6 Å². The van der Waals surface area contributed by atoms with E-state index in [4.69, 9.17) is 5.11 Å². The second kappa shape index (κ2) is 7.99. The molecule has 0 aromatic carbocycles. The van der Waals surface area contributed by atoms with Gasteiger partial charge in [0.2, 0.25) is 0 Å². The Hall–Kier alpha value is -0.610. The van der Waals surface area contributed by atoms with Crippen LogP contribution in [0.5, 0.6) is 0 Å². The zero-order valence-electron chi connectivity index (χ0n) is 13.7. The molecule has 0 saturated carbocycles. The molecule has 118 valence electrons. The average Bonchev–Trinajstić information content (AvgIpc) is 2.45. The number of hydrogen-bond donors (Lipinski definition) is 1. The van der Waals surface area contributed by atoms with Crippen LogP contribution in [0.2, 0.25) is 0 Å². The fourth-order valence-corrected chi connectivity index (χ4v) is 3.42. The van der Waals surface area contributed by atoms with E-state index in [0.717, 1.165) is 25.9 Å². The molecule has 0 bridgehead atoms. The zero-order valence-corrected chi connectivity index (χ0v) is 13.7. The molecule has 0 aromatic heterocycles. The zero-order chi connectivity index (χ0) is 15.2. The SMILES string of the molecule is CCC(CC)(CC)CN1CCC(N(C)CC(=O)O)CC1. The van der Waals surface area contributed by atoms with Gasteiger partial charge in [0.15, 0.2) is 0 Å². The van der Waals surface area contributed by atoms with Crippen LogP contribution in [0.1, 0.15) is 52.9 Å². The minimum Gasteiger partial charge on any atom is -0.480 e. The molecule has 0 amide bonds. The molecule has 4 heteroatoms. The normalized spacial score (nSPS) is 18.6. The molecule has 4 nitrogen and oxygen atoms in total. The van der Waals surface area contributed by atoms with Gasteiger partial charge in [-0.25, -0.2) is 0 Å². The number of rotatable bonds is 8. The highest BCUT2D eigenvalue weighted by Crippen LogP contribution is 2.32. The van der Waals surface area contributed by atoms with Gasteiger partial charge in [-0.2, -0.15) is 0 Å². The lowest BCUT2D eigenvalue weighted by Crippen LogP contribution is -2.47. The van der Waals surface area contributed by atoms with E-state index < -0.39 is 5.97 Å². The summed E-state index contributed by atoms with van der Waals surface area (Å²) < 4.78 is 0. The van der Waals surface area contributed by atoms with Crippen LogP contribution in [0.15, 0.2) is 0 Å². The van der Waals surface area contributed by atoms with Crippen LogP contribution in [-0.2, 0) is 4.79 Å². The van der Waals surface area contributed by atoms with Crippen LogP contribution in [0.3, 0.4) is 0 Å². The third-order valence-corrected chi connectivity index (χ3v) is 5.37. The van der Waals surface area contributed by atoms with Crippen LogP contribution < -0.4 is 0 Å². The monoisotopic (exact) mass is 284 g/mol. The van der Waals surface area contributed by atoms with E-state index in [1.54, 1.807) is 0 Å². The second-order valence-corrected chi connectivity index (χ2v) is 6.38. The summed E-state index contributed by atoms with van der Waals surface area (Å²) in [6.45, 7) is 10.5. The Labute approximate surface area is 124 Å². The maximum absolute atomic E-state index is 10.8. The van der Waals surface area contributed by atoms with Gasteiger partial charge in [0.1, 0.15) is 0 Å². The Bertz CT molecular complexity index is 287. The number of carbonyl (C=O) groups is 1. The fourth-order valence-electron chi connectivity index (χ4n) is 3.42. The van der Waals surface area contributed by atoms with Crippen molar-refractivity contribution < 1.29 is 9.90 Å². The van der Waals surface area contributed by atoms with Crippen molar-refractivity contribution in [1.82, 2.24) is 9.80 Å². The first-order valence-corrected chi connectivity index (χ1v) is 8.10. The summed E-state index contributed by atoms with van der Waals surface area (Å²) in [5, 5.41) is 8.86. The number of carboxylic acids is 1. The predicted molar refractivity (Wildman–Crippen MR) is 83.0 cm³/mol. The number of hydrogen-bond acceptors (Lipinski definition) is 3. The van der Waals surface area contributed by atoms with Gasteiger partial charge in [-0.1, -0.05) is 20.8 Å². The third-order valence-electron chi connectivity index (χ3n) is 5.37. The van der Waals surface area contributed by atoms with Crippen molar-refractivity contribution in [2.24, 2.45) is 5.41 Å². The van der Waals surface area contributed by atoms with Gasteiger partial charge in [-0.15, -0.1) is 0 Å². The van der Waals surface area contributed by atoms with Crippen molar-refractivity contribution in [1.29, 1.82) is 0 Å². The van der Waals surface area contributed by atoms with E-state index >= 15 is 0 Å². The number of carboxylic acid groups (broad SMARTS) is 1. The van der Waals surface area contributed by atoms with Crippen LogP contribution >= 0.6 is 0 Å². The number of piperidine rings is 1. The lowest BCUT2D eigenvalue weighted by Gasteiger charge is -2.41. The lowest BCUT2D eigenvalue weighted by molar-refractivity contribution is -0.138. The summed E-state index contributed by atoms with van der Waals surface area (Å²) in [5.74, 6) is -0.725. The first kappa shape index (κ1) is 17.4. The van der Waals surface area contributed by atoms with E-state index in [1.165, 1.54) is 25.8 Å². The summed E-state index contributed by atoms with van der Waals surface area (Å²) in [7, 11) is 1.93. The van der Waals surface area contributed by atoms with E-state index in [2.05, 4.69) is 25.7 Å². The second-order valence-electron chi connectivity index (χ2n) is 6.38. The van der Waals surface area contributed by atoms with Gasteiger partial charge in [0.05, 0.1) is 6.54 Å². The predicted octanol–water partition coefficient (Wildman–Crippen LogP) is 2.68. The highest BCUT2D eigenvalue weighted by molar-refractivity contribution is 5.69. The van der Waals surface area contributed by atoms with Crippen molar-refractivity contribution in [3.05, 3.63) is 0 Å². The fraction of sp³-hybridized carbons (Fsp3) is 0.938. The Balaban J connectivity index is 2.44. The molecule has 1 rings (SSSR count). The molecule has 0 spiro atoms. The molecular formula is C16H32N2O2. The van der Waals surface area contributed by atoms with Crippen LogP contribution in [0.4, 0.5) is 0 Å². The van der Waals surface area contributed by atoms with Crippen molar-refractivity contribution in [2.75, 3.05) is 33.2 Å². The first-order chi connectivity index (χ1) is 9.46. The molecule has 1 fully saturated rings. The maximum Gasteiger partial charge on any atom is 0.317 e. The minimum atomic E-state index is -0.725. The highest BCUT2D eigenvalue weighted by Gasteiger charge is 2.30. The number of nitrogens with zero attached hydrogens (tertiary/aromatic N) is 2. The molecule has 1 aliphatic rings. The topological polar surface area (TPSA) is 43.8 Å². The third kappa shape index (κ3) is 4.74. The first-order valence-electron chi connectivity index (χ1n) is 8.10. The van der Waals surface area contributed by atoms with Crippen molar-refractivity contribution in [3.63, 3.8) is 0 Å². The Kier molecular flexibility index (Phi) is 6.96. The lowest BCUT2D eigenvalue weighted by atomic mass is 9.79. The molecular weight excluding hydrogens is 252 g/mol. The summed E-state index contributed by atoms with van der Waals surface area (Å²) in [5.41, 5.74) is 0.472. The molecule has 0 radical (unpaired) electrons. The molecule has 1 N–H and O–H groups in total. The average molecular weight is 284 g/mol. The Morgan fingerprint density at radius 3 is 2.10 bits per heavy atom. The van der Waals surface area contributed by atoms with Gasteiger partial charge in [0.25, 0.3) is 0 Å². The van der Waals surface area contributed by atoms with E-state index in [0.29, 0.717) is 11.5 Å². The molecule has 0 unspecified atom stereocenters. The molecule has 1 aliphatic heterocycles. The summed E-state index contributed by atoms with van der Waals surface area (Å²) in [4.78, 5) is 15.3. The summed E-state index contributed by atoms with van der Waals surface area (Å²) in [6.07, 6.45) is 5.94. The number of aliphatic carboxylic acids is 1. The minimum absolute atomic E-state index is 0.160. The smallest absolute Gasteiger partial charge is 0.317 e. The maximum atomic E-state index is 10.8. The van der Waals surface area contributed by atoms with Crippen molar-refractivity contribution in [2.45, 2.75) is 58.9 Å². The molecule has 20 heavy (non-hydrogen) atoms. The largest absolute Gasteiger partial charge is 0.480 e. The van der Waals surface area contributed by atoms with Gasteiger partial charge in [-0.05, 0) is 57.7 Å². The van der Waals surface area contributed by atoms with Crippen molar-refractivity contribution >= 4 is 5.97 Å². The van der Waals surface area contributed by atoms with E-state index in [1.807, 2.05) is 11.9 Å². The van der Waals surface area contributed by atoms with Crippen LogP contribution in [-0.4, -0.2) is 60.1 Å². The molecule has 0 atom stereocenters. The molecule has 0 aromatic rings. The van der Waals surface area contributed by atoms with Gasteiger partial charge >= 0.3 is 5.97 Å². The standard InChI is InChI=1S/C16H32N2O2/c1-5-16(6-2,7-3)13-18-10-8-14(9-11-18)17(4)12-15(19)20/h14H,5-13H2,1-4H3,(H,19,20). The summed E-state index contributed by atoms with van der Waals surface area (Å²) >= 11 is 0. The van der Waals surface area contributed by atoms with E-state index in [-0.39, 0.29) is 6.54 Å². The highest BCUT2D eigenvalue weighted by atomic mass is 16.4. The molecule has 1 saturated heterocycles. The number of likely N-dealkylation sites (tertiary alicyclic amines) is 1. The Morgan fingerprint density at radius 2 is 1.70 bits per heavy atom.